The minimum absolute atomic E-state index is 0.0348. The van der Waals surface area contributed by atoms with Crippen molar-refractivity contribution in [1.29, 1.82) is 0 Å². The Morgan fingerprint density at radius 3 is 2.44 bits per heavy atom. The Kier molecular flexibility index (Phi) is 6.81. The van der Waals surface area contributed by atoms with E-state index in [0.717, 1.165) is 46.1 Å². The van der Waals surface area contributed by atoms with Crippen molar-refractivity contribution in [2.45, 2.75) is 52.1 Å². The summed E-state index contributed by atoms with van der Waals surface area (Å²) >= 11 is 3.64. The van der Waals surface area contributed by atoms with Crippen LogP contribution in [-0.2, 0) is 0 Å². The Morgan fingerprint density at radius 1 is 1.06 bits per heavy atom. The fourth-order valence-corrected chi connectivity index (χ4v) is 4.49. The number of hydrogen-bond donors (Lipinski definition) is 2. The van der Waals surface area contributed by atoms with Gasteiger partial charge >= 0.3 is 0 Å². The van der Waals surface area contributed by atoms with Gasteiger partial charge in [-0.1, -0.05) is 50.6 Å². The van der Waals surface area contributed by atoms with Gasteiger partial charge in [0, 0.05) is 41.2 Å². The summed E-state index contributed by atoms with van der Waals surface area (Å²) in [6.07, 6.45) is 8.71. The first-order chi connectivity index (χ1) is 15.5. The van der Waals surface area contributed by atoms with Gasteiger partial charge in [0.15, 0.2) is 11.5 Å². The van der Waals surface area contributed by atoms with Gasteiger partial charge in [-0.3, -0.25) is 0 Å². The quantitative estimate of drug-likeness (QED) is 0.339. The molecule has 0 spiro atoms. The maximum atomic E-state index is 6.42. The number of anilines is 1. The molecular formula is C24H28BrN7. The third kappa shape index (κ3) is 4.38. The SMILES string of the molecule is CCCC(CC)NC(C)c1nc2c(-c3cnc(-c4ccccc4)nc3)cnn2c(N)c1Br. The van der Waals surface area contributed by atoms with Gasteiger partial charge in [0.05, 0.1) is 16.4 Å². The van der Waals surface area contributed by atoms with Crippen LogP contribution in [-0.4, -0.2) is 30.6 Å². The molecule has 0 aliphatic rings. The van der Waals surface area contributed by atoms with Crippen molar-refractivity contribution in [3.05, 3.63) is 59.1 Å². The maximum absolute atomic E-state index is 6.42. The maximum Gasteiger partial charge on any atom is 0.165 e. The van der Waals surface area contributed by atoms with Crippen molar-refractivity contribution in [2.75, 3.05) is 5.73 Å². The Labute approximate surface area is 196 Å². The summed E-state index contributed by atoms with van der Waals surface area (Å²) in [5.74, 6) is 1.20. The topological polar surface area (TPSA) is 94.0 Å². The lowest BCUT2D eigenvalue weighted by molar-refractivity contribution is 0.412. The van der Waals surface area contributed by atoms with Gasteiger partial charge in [0.2, 0.25) is 0 Å². The Hall–Kier alpha value is -2.84. The van der Waals surface area contributed by atoms with Crippen LogP contribution in [0.1, 0.15) is 51.8 Å². The zero-order valence-electron chi connectivity index (χ0n) is 18.6. The summed E-state index contributed by atoms with van der Waals surface area (Å²) in [6.45, 7) is 6.53. The minimum Gasteiger partial charge on any atom is -0.383 e. The number of nitrogens with one attached hydrogen (secondary N) is 1. The number of nitrogens with two attached hydrogens (primary N) is 1. The molecule has 0 fully saturated rings. The van der Waals surface area contributed by atoms with Crippen LogP contribution in [0.4, 0.5) is 5.82 Å². The van der Waals surface area contributed by atoms with Gasteiger partial charge in [-0.15, -0.1) is 0 Å². The lowest BCUT2D eigenvalue weighted by atomic mass is 10.1. The van der Waals surface area contributed by atoms with Crippen molar-refractivity contribution in [1.82, 2.24) is 29.9 Å². The third-order valence-electron chi connectivity index (χ3n) is 5.67. The van der Waals surface area contributed by atoms with E-state index in [9.17, 15) is 0 Å². The number of nitrogens with zero attached hydrogens (tertiary/aromatic N) is 5. The summed E-state index contributed by atoms with van der Waals surface area (Å²) < 4.78 is 2.42. The molecule has 3 aromatic heterocycles. The molecule has 0 aliphatic heterocycles. The van der Waals surface area contributed by atoms with E-state index in [-0.39, 0.29) is 6.04 Å². The second kappa shape index (κ2) is 9.75. The van der Waals surface area contributed by atoms with Crippen molar-refractivity contribution in [3.63, 3.8) is 0 Å². The molecule has 8 heteroatoms. The first-order valence-electron chi connectivity index (χ1n) is 11.0. The van der Waals surface area contributed by atoms with E-state index in [0.29, 0.717) is 23.3 Å². The highest BCUT2D eigenvalue weighted by Gasteiger charge is 2.21. The van der Waals surface area contributed by atoms with Gasteiger partial charge in [0.1, 0.15) is 5.82 Å². The van der Waals surface area contributed by atoms with E-state index in [4.69, 9.17) is 10.7 Å². The molecule has 7 nitrogen and oxygen atoms in total. The van der Waals surface area contributed by atoms with Gasteiger partial charge in [-0.2, -0.15) is 9.61 Å². The Bertz CT molecular complexity index is 1190. The second-order valence-electron chi connectivity index (χ2n) is 7.93. The average Bonchev–Trinajstić information content (AvgIpc) is 3.25. The van der Waals surface area contributed by atoms with Crippen molar-refractivity contribution in [3.8, 4) is 22.5 Å². The van der Waals surface area contributed by atoms with Crippen LogP contribution in [0, 0.1) is 0 Å². The smallest absolute Gasteiger partial charge is 0.165 e. The molecule has 3 heterocycles. The van der Waals surface area contributed by atoms with Crippen LogP contribution in [0.25, 0.3) is 28.2 Å². The summed E-state index contributed by atoms with van der Waals surface area (Å²) in [5, 5.41) is 8.16. The predicted molar refractivity (Wildman–Crippen MR) is 132 cm³/mol. The normalized spacial score (nSPS) is 13.4. The van der Waals surface area contributed by atoms with Crippen LogP contribution in [0.3, 0.4) is 0 Å². The summed E-state index contributed by atoms with van der Waals surface area (Å²) in [7, 11) is 0. The standard InChI is InChI=1S/C24H28BrN7/c1-4-9-18(5-2)30-15(3)21-20(25)22(26)32-24(31-21)19(14-29-32)17-12-27-23(28-13-17)16-10-7-6-8-11-16/h6-8,10-15,18,30H,4-5,9,26H2,1-3H3. The van der Waals surface area contributed by atoms with E-state index in [1.165, 1.54) is 0 Å². The monoisotopic (exact) mass is 493 g/mol. The van der Waals surface area contributed by atoms with E-state index in [1.807, 2.05) is 42.7 Å². The van der Waals surface area contributed by atoms with Crippen LogP contribution >= 0.6 is 15.9 Å². The largest absolute Gasteiger partial charge is 0.383 e. The van der Waals surface area contributed by atoms with Crippen molar-refractivity contribution >= 4 is 27.4 Å². The molecule has 0 saturated carbocycles. The van der Waals surface area contributed by atoms with Crippen LogP contribution in [0.2, 0.25) is 0 Å². The molecule has 0 aliphatic carbocycles. The Morgan fingerprint density at radius 2 is 1.78 bits per heavy atom. The van der Waals surface area contributed by atoms with Crippen molar-refractivity contribution < 1.29 is 0 Å². The first-order valence-corrected chi connectivity index (χ1v) is 11.8. The number of fused-ring (bicyclic) bond motifs is 1. The zero-order chi connectivity index (χ0) is 22.7. The van der Waals surface area contributed by atoms with Gasteiger partial charge in [0.25, 0.3) is 0 Å². The number of aromatic nitrogens is 5. The van der Waals surface area contributed by atoms with Crippen LogP contribution in [0.15, 0.2) is 53.4 Å². The van der Waals surface area contributed by atoms with E-state index in [2.05, 4.69) is 57.1 Å². The highest BCUT2D eigenvalue weighted by Crippen LogP contribution is 2.32. The van der Waals surface area contributed by atoms with Crippen LogP contribution < -0.4 is 11.1 Å². The number of hydrogen-bond acceptors (Lipinski definition) is 6. The van der Waals surface area contributed by atoms with Gasteiger partial charge in [-0.05, 0) is 35.7 Å². The fraction of sp³-hybridized carbons (Fsp3) is 0.333. The number of benzene rings is 1. The number of nitrogen functional groups attached to an aromatic ring is 1. The summed E-state index contributed by atoms with van der Waals surface area (Å²) in [6, 6.07) is 10.4. The van der Waals surface area contributed by atoms with E-state index >= 15 is 0 Å². The molecule has 0 bridgehead atoms. The minimum atomic E-state index is 0.0348. The highest BCUT2D eigenvalue weighted by atomic mass is 79.9. The molecular weight excluding hydrogens is 466 g/mol. The van der Waals surface area contributed by atoms with Gasteiger partial charge in [-0.25, -0.2) is 15.0 Å². The molecule has 2 atom stereocenters. The molecule has 1 aromatic carbocycles. The average molecular weight is 494 g/mol. The molecule has 32 heavy (non-hydrogen) atoms. The number of halogens is 1. The lowest BCUT2D eigenvalue weighted by Crippen LogP contribution is -2.31. The fourth-order valence-electron chi connectivity index (χ4n) is 3.89. The first kappa shape index (κ1) is 22.4. The third-order valence-corrected chi connectivity index (χ3v) is 6.48. The van der Waals surface area contributed by atoms with E-state index < -0.39 is 0 Å². The number of rotatable bonds is 8. The lowest BCUT2D eigenvalue weighted by Gasteiger charge is -2.23. The molecule has 0 saturated heterocycles. The Balaban J connectivity index is 1.71. The van der Waals surface area contributed by atoms with Crippen molar-refractivity contribution in [2.24, 2.45) is 0 Å². The van der Waals surface area contributed by atoms with E-state index in [1.54, 1.807) is 10.7 Å². The summed E-state index contributed by atoms with van der Waals surface area (Å²) in [5.41, 5.74) is 10.6. The molecule has 4 rings (SSSR count). The molecule has 3 N–H and O–H groups in total. The zero-order valence-corrected chi connectivity index (χ0v) is 20.2. The molecule has 166 valence electrons. The molecule has 2 unspecified atom stereocenters. The summed E-state index contributed by atoms with van der Waals surface area (Å²) in [4.78, 5) is 14.1. The molecule has 0 amide bonds. The molecule has 4 aromatic rings. The van der Waals surface area contributed by atoms with Crippen LogP contribution in [0.5, 0.6) is 0 Å². The molecule has 0 radical (unpaired) electrons. The second-order valence-corrected chi connectivity index (χ2v) is 8.73. The van der Waals surface area contributed by atoms with Gasteiger partial charge < -0.3 is 11.1 Å². The highest BCUT2D eigenvalue weighted by molar-refractivity contribution is 9.10. The predicted octanol–water partition coefficient (Wildman–Crippen LogP) is 5.43.